The second kappa shape index (κ2) is 9.77. The van der Waals surface area contributed by atoms with Gasteiger partial charge in [0, 0.05) is 23.9 Å². The number of nitrogens with zero attached hydrogens (tertiary/aromatic N) is 1. The van der Waals surface area contributed by atoms with Crippen molar-refractivity contribution in [2.75, 3.05) is 6.54 Å². The molecule has 1 heterocycles. The van der Waals surface area contributed by atoms with Crippen LogP contribution in [-0.4, -0.2) is 53.6 Å². The molecule has 0 aromatic carbocycles. The summed E-state index contributed by atoms with van der Waals surface area (Å²) in [7, 11) is 0. The van der Waals surface area contributed by atoms with Crippen LogP contribution in [0.5, 0.6) is 0 Å². The number of carbonyl (C=O) groups excluding carboxylic acids is 4. The van der Waals surface area contributed by atoms with Crippen LogP contribution in [0.15, 0.2) is 22.8 Å². The van der Waals surface area contributed by atoms with Crippen LogP contribution in [-0.2, 0) is 19.2 Å². The summed E-state index contributed by atoms with van der Waals surface area (Å²) in [6.45, 7) is 9.71. The molecule has 1 fully saturated rings. The van der Waals surface area contributed by atoms with Gasteiger partial charge in [-0.3, -0.25) is 14.4 Å². The van der Waals surface area contributed by atoms with E-state index in [0.29, 0.717) is 24.4 Å². The molecule has 0 aromatic heterocycles. The fraction of sp³-hybridized carbons (Fsp3) is 0.636. The zero-order valence-corrected chi connectivity index (χ0v) is 19.1. The number of nitrogens with one attached hydrogen (secondary N) is 2. The maximum Gasteiger partial charge on any atom is 0.253 e. The number of amides is 3. The molecule has 2 rings (SSSR count). The van der Waals surface area contributed by atoms with Crippen molar-refractivity contribution in [2.24, 2.45) is 11.3 Å². The Hall–Kier alpha value is -2.15. The smallest absolute Gasteiger partial charge is 0.253 e. The highest BCUT2D eigenvalue weighted by Crippen LogP contribution is 2.27. The van der Waals surface area contributed by atoms with Gasteiger partial charge in [-0.05, 0) is 18.3 Å². The molecular weight excluding hydrogens is 406 g/mol. The molecule has 1 saturated heterocycles. The number of hydrogen-bond acceptors (Lipinski definition) is 4. The molecule has 2 aliphatic rings. The lowest BCUT2D eigenvalue weighted by Gasteiger charge is -2.35. The van der Waals surface area contributed by atoms with Gasteiger partial charge in [0.2, 0.25) is 11.8 Å². The van der Waals surface area contributed by atoms with Gasteiger partial charge in [0.1, 0.15) is 12.3 Å². The highest BCUT2D eigenvalue weighted by Gasteiger charge is 2.40. The van der Waals surface area contributed by atoms with Gasteiger partial charge in [0.05, 0.1) is 17.7 Å². The van der Waals surface area contributed by atoms with E-state index < -0.39 is 23.4 Å². The highest BCUT2D eigenvalue weighted by molar-refractivity contribution is 6.32. The van der Waals surface area contributed by atoms with E-state index in [0.717, 1.165) is 12.7 Å². The number of aldehydes is 1. The molecule has 3 amide bonds. The largest absolute Gasteiger partial charge is 0.349 e. The average Bonchev–Trinajstić information content (AvgIpc) is 3.13. The number of likely N-dealkylation sites (tertiary alicyclic amines) is 1. The van der Waals surface area contributed by atoms with E-state index in [1.165, 1.54) is 0 Å². The third-order valence-electron chi connectivity index (χ3n) is 5.41. The van der Waals surface area contributed by atoms with Crippen LogP contribution in [0.4, 0.5) is 0 Å². The quantitative estimate of drug-likeness (QED) is 0.623. The Balaban J connectivity index is 2.13. The molecule has 1 aliphatic carbocycles. The molecule has 3 atom stereocenters. The van der Waals surface area contributed by atoms with Crippen molar-refractivity contribution in [2.45, 2.75) is 72.0 Å². The molecule has 0 spiro atoms. The normalized spacial score (nSPS) is 22.8. The van der Waals surface area contributed by atoms with Gasteiger partial charge < -0.3 is 20.3 Å². The second-order valence-electron chi connectivity index (χ2n) is 9.30. The first-order chi connectivity index (χ1) is 14.0. The van der Waals surface area contributed by atoms with Crippen molar-refractivity contribution in [3.8, 4) is 0 Å². The Kier molecular flexibility index (Phi) is 7.86. The predicted molar refractivity (Wildman–Crippen MR) is 116 cm³/mol. The van der Waals surface area contributed by atoms with Crippen LogP contribution in [0.1, 0.15) is 53.9 Å². The van der Waals surface area contributed by atoms with E-state index in [4.69, 9.17) is 11.6 Å². The lowest BCUT2D eigenvalue weighted by molar-refractivity contribution is -0.140. The summed E-state index contributed by atoms with van der Waals surface area (Å²) in [5, 5.41) is 6.02. The summed E-state index contributed by atoms with van der Waals surface area (Å²) in [4.78, 5) is 50.8. The minimum absolute atomic E-state index is 0.0873. The number of carbonyl (C=O) groups is 4. The van der Waals surface area contributed by atoms with Gasteiger partial charge in [-0.15, -0.1) is 0 Å². The standard InChI is InChI=1S/C22H32ClN3O4/c1-13(2)19(28)24-14-8-9-16(17(23)11-14)20(29)25-18(22(3,4)5)21(30)26-10-6-7-15(26)12-27/h8-9,12-15,18H,6-7,10-11H2,1-5H3,(H,24,28)(H,25,29)/t14?,15-,18+/m0/s1. The summed E-state index contributed by atoms with van der Waals surface area (Å²) in [5.41, 5.74) is -0.274. The van der Waals surface area contributed by atoms with Crippen LogP contribution in [0.2, 0.25) is 0 Å². The van der Waals surface area contributed by atoms with Crippen LogP contribution in [0.25, 0.3) is 0 Å². The lowest BCUT2D eigenvalue weighted by Crippen LogP contribution is -2.56. The monoisotopic (exact) mass is 437 g/mol. The van der Waals surface area contributed by atoms with E-state index in [9.17, 15) is 19.2 Å². The SMILES string of the molecule is CC(C)C(=O)NC1C=CC(C(=O)N[C@H](C(=O)N2CCC[C@H]2C=O)C(C)(C)C)=C(Cl)C1. The molecule has 1 unspecified atom stereocenters. The van der Waals surface area contributed by atoms with Crippen LogP contribution in [0, 0.1) is 11.3 Å². The minimum Gasteiger partial charge on any atom is -0.349 e. The summed E-state index contributed by atoms with van der Waals surface area (Å²) >= 11 is 6.36. The summed E-state index contributed by atoms with van der Waals surface area (Å²) < 4.78 is 0. The molecule has 8 heteroatoms. The third kappa shape index (κ3) is 5.72. The number of rotatable bonds is 6. The number of hydrogen-bond donors (Lipinski definition) is 2. The van der Waals surface area contributed by atoms with Crippen molar-refractivity contribution in [1.29, 1.82) is 0 Å². The first-order valence-electron chi connectivity index (χ1n) is 10.4. The molecule has 0 bridgehead atoms. The molecular formula is C22H32ClN3O4. The summed E-state index contributed by atoms with van der Waals surface area (Å²) in [6, 6.07) is -1.52. The molecule has 166 valence electrons. The topological polar surface area (TPSA) is 95.6 Å². The second-order valence-corrected chi connectivity index (χ2v) is 9.76. The Morgan fingerprint density at radius 2 is 1.93 bits per heavy atom. The van der Waals surface area contributed by atoms with Gasteiger partial charge >= 0.3 is 0 Å². The van der Waals surface area contributed by atoms with E-state index in [1.54, 1.807) is 30.9 Å². The zero-order valence-electron chi connectivity index (χ0n) is 18.3. The Labute approximate surface area is 183 Å². The fourth-order valence-corrected chi connectivity index (χ4v) is 3.87. The molecule has 0 radical (unpaired) electrons. The van der Waals surface area contributed by atoms with Gasteiger partial charge in [0.15, 0.2) is 0 Å². The van der Waals surface area contributed by atoms with Crippen LogP contribution >= 0.6 is 11.6 Å². The first kappa shape index (κ1) is 24.1. The van der Waals surface area contributed by atoms with Crippen LogP contribution in [0.3, 0.4) is 0 Å². The molecule has 7 nitrogen and oxygen atoms in total. The predicted octanol–water partition coefficient (Wildman–Crippen LogP) is 2.30. The fourth-order valence-electron chi connectivity index (χ4n) is 3.55. The Bertz CT molecular complexity index is 767. The molecule has 0 aromatic rings. The summed E-state index contributed by atoms with van der Waals surface area (Å²) in [6.07, 6.45) is 5.83. The van der Waals surface area contributed by atoms with Gasteiger partial charge in [-0.25, -0.2) is 0 Å². The van der Waals surface area contributed by atoms with Crippen molar-refractivity contribution in [1.82, 2.24) is 15.5 Å². The van der Waals surface area contributed by atoms with Gasteiger partial charge in [-0.2, -0.15) is 0 Å². The van der Waals surface area contributed by atoms with E-state index in [1.807, 2.05) is 20.8 Å². The zero-order chi connectivity index (χ0) is 22.6. The maximum atomic E-state index is 13.1. The van der Waals surface area contributed by atoms with Gasteiger partial charge in [-0.1, -0.05) is 58.4 Å². The van der Waals surface area contributed by atoms with Crippen molar-refractivity contribution < 1.29 is 19.2 Å². The van der Waals surface area contributed by atoms with E-state index in [2.05, 4.69) is 10.6 Å². The van der Waals surface area contributed by atoms with Crippen LogP contribution < -0.4 is 10.6 Å². The molecule has 30 heavy (non-hydrogen) atoms. The lowest BCUT2D eigenvalue weighted by atomic mass is 9.85. The minimum atomic E-state index is -0.797. The Morgan fingerprint density at radius 3 is 2.47 bits per heavy atom. The van der Waals surface area contributed by atoms with Crippen molar-refractivity contribution in [3.05, 3.63) is 22.8 Å². The van der Waals surface area contributed by atoms with E-state index >= 15 is 0 Å². The molecule has 1 aliphatic heterocycles. The molecule has 2 N–H and O–H groups in total. The third-order valence-corrected chi connectivity index (χ3v) is 5.77. The van der Waals surface area contributed by atoms with Crippen molar-refractivity contribution >= 4 is 35.6 Å². The van der Waals surface area contributed by atoms with E-state index in [-0.39, 0.29) is 29.3 Å². The molecule has 0 saturated carbocycles. The van der Waals surface area contributed by atoms with Gasteiger partial charge in [0.25, 0.3) is 5.91 Å². The summed E-state index contributed by atoms with van der Waals surface area (Å²) in [5.74, 6) is -0.940. The van der Waals surface area contributed by atoms with Crippen molar-refractivity contribution in [3.63, 3.8) is 0 Å². The first-order valence-corrected chi connectivity index (χ1v) is 10.8. The Morgan fingerprint density at radius 1 is 1.27 bits per heavy atom. The maximum absolute atomic E-state index is 13.1. The number of halogens is 1. The highest BCUT2D eigenvalue weighted by atomic mass is 35.5. The average molecular weight is 438 g/mol.